The Bertz CT molecular complexity index is 350. The van der Waals surface area contributed by atoms with Crippen LogP contribution in [0.2, 0.25) is 0 Å². The Morgan fingerprint density at radius 1 is 1.44 bits per heavy atom. The van der Waals surface area contributed by atoms with E-state index in [1.165, 1.54) is 6.07 Å². The van der Waals surface area contributed by atoms with Crippen LogP contribution in [0.5, 0.6) is 11.5 Å². The SMILES string of the molecule is CCOC(=O)C(C)Oc1cccc(OO)c1. The molecule has 0 saturated heterocycles. The quantitative estimate of drug-likeness (QED) is 0.471. The first-order valence-corrected chi connectivity index (χ1v) is 4.92. The summed E-state index contributed by atoms with van der Waals surface area (Å²) in [7, 11) is 0. The van der Waals surface area contributed by atoms with Crippen LogP contribution in [0.25, 0.3) is 0 Å². The standard InChI is InChI=1S/C11H14O5/c1-3-14-11(12)8(2)15-9-5-4-6-10(7-9)16-13/h4-8,13H,3H2,1-2H3. The van der Waals surface area contributed by atoms with E-state index < -0.39 is 12.1 Å². The van der Waals surface area contributed by atoms with Gasteiger partial charge in [0, 0.05) is 6.07 Å². The fraction of sp³-hybridized carbons (Fsp3) is 0.364. The molecule has 0 aromatic heterocycles. The molecule has 16 heavy (non-hydrogen) atoms. The van der Waals surface area contributed by atoms with E-state index in [1.54, 1.807) is 32.0 Å². The largest absolute Gasteiger partial charge is 0.479 e. The Balaban J connectivity index is 2.61. The molecule has 0 heterocycles. The molecule has 0 fully saturated rings. The van der Waals surface area contributed by atoms with Gasteiger partial charge in [-0.3, -0.25) is 0 Å². The van der Waals surface area contributed by atoms with Gasteiger partial charge in [0.15, 0.2) is 11.9 Å². The summed E-state index contributed by atoms with van der Waals surface area (Å²) in [6.45, 7) is 3.63. The fourth-order valence-corrected chi connectivity index (χ4v) is 1.12. The predicted octanol–water partition coefficient (Wildman–Crippen LogP) is 1.87. The van der Waals surface area contributed by atoms with Crippen LogP contribution in [0.3, 0.4) is 0 Å². The van der Waals surface area contributed by atoms with E-state index >= 15 is 0 Å². The highest BCUT2D eigenvalue weighted by Crippen LogP contribution is 2.19. The van der Waals surface area contributed by atoms with Crippen LogP contribution in [0.4, 0.5) is 0 Å². The van der Waals surface area contributed by atoms with Crippen molar-refractivity contribution in [3.05, 3.63) is 24.3 Å². The third-order valence-electron chi connectivity index (χ3n) is 1.84. The Morgan fingerprint density at radius 2 is 2.12 bits per heavy atom. The van der Waals surface area contributed by atoms with Gasteiger partial charge >= 0.3 is 5.97 Å². The molecule has 0 saturated carbocycles. The highest BCUT2D eigenvalue weighted by atomic mass is 17.1. The molecule has 88 valence electrons. The molecule has 5 nitrogen and oxygen atoms in total. The van der Waals surface area contributed by atoms with E-state index in [0.29, 0.717) is 12.4 Å². The minimum absolute atomic E-state index is 0.244. The van der Waals surface area contributed by atoms with E-state index in [2.05, 4.69) is 4.89 Å². The van der Waals surface area contributed by atoms with Crippen LogP contribution in [0.1, 0.15) is 13.8 Å². The zero-order chi connectivity index (χ0) is 12.0. The van der Waals surface area contributed by atoms with Gasteiger partial charge in [0.1, 0.15) is 5.75 Å². The van der Waals surface area contributed by atoms with Crippen molar-refractivity contribution >= 4 is 5.97 Å². The first-order valence-electron chi connectivity index (χ1n) is 4.92. The molecular formula is C11H14O5. The van der Waals surface area contributed by atoms with Crippen LogP contribution < -0.4 is 9.62 Å². The van der Waals surface area contributed by atoms with Gasteiger partial charge in [-0.25, -0.2) is 10.1 Å². The third kappa shape index (κ3) is 3.43. The Labute approximate surface area is 93.5 Å². The molecule has 1 N–H and O–H groups in total. The molecule has 0 bridgehead atoms. The van der Waals surface area contributed by atoms with Crippen LogP contribution >= 0.6 is 0 Å². The smallest absolute Gasteiger partial charge is 0.347 e. The lowest BCUT2D eigenvalue weighted by molar-refractivity contribution is -0.150. The summed E-state index contributed by atoms with van der Waals surface area (Å²) < 4.78 is 10.1. The Morgan fingerprint density at radius 3 is 2.75 bits per heavy atom. The summed E-state index contributed by atoms with van der Waals surface area (Å²) in [5, 5.41) is 8.44. The molecule has 1 aromatic rings. The predicted molar refractivity (Wildman–Crippen MR) is 56.4 cm³/mol. The molecule has 0 amide bonds. The van der Waals surface area contributed by atoms with Gasteiger partial charge < -0.3 is 14.4 Å². The van der Waals surface area contributed by atoms with E-state index in [9.17, 15) is 4.79 Å². The monoisotopic (exact) mass is 226 g/mol. The maximum Gasteiger partial charge on any atom is 0.347 e. The number of benzene rings is 1. The maximum absolute atomic E-state index is 11.3. The van der Waals surface area contributed by atoms with Crippen molar-refractivity contribution in [3.8, 4) is 11.5 Å². The van der Waals surface area contributed by atoms with E-state index in [1.807, 2.05) is 0 Å². The van der Waals surface area contributed by atoms with Crippen molar-refractivity contribution in [2.45, 2.75) is 20.0 Å². The molecule has 1 aromatic carbocycles. The topological polar surface area (TPSA) is 65.0 Å². The van der Waals surface area contributed by atoms with Crippen molar-refractivity contribution in [2.75, 3.05) is 6.61 Å². The summed E-state index contributed by atoms with van der Waals surface area (Å²) in [4.78, 5) is 15.3. The highest BCUT2D eigenvalue weighted by Gasteiger charge is 2.15. The van der Waals surface area contributed by atoms with Crippen molar-refractivity contribution < 1.29 is 24.4 Å². The zero-order valence-corrected chi connectivity index (χ0v) is 9.17. The Hall–Kier alpha value is -1.75. The summed E-state index contributed by atoms with van der Waals surface area (Å²) in [6, 6.07) is 6.31. The van der Waals surface area contributed by atoms with Gasteiger partial charge in [-0.2, -0.15) is 0 Å². The second-order valence-corrected chi connectivity index (χ2v) is 3.08. The van der Waals surface area contributed by atoms with Crippen LogP contribution in [-0.4, -0.2) is 23.9 Å². The lowest BCUT2D eigenvalue weighted by atomic mass is 10.3. The molecule has 0 aliphatic carbocycles. The van der Waals surface area contributed by atoms with Crippen molar-refractivity contribution in [2.24, 2.45) is 0 Å². The molecule has 0 radical (unpaired) electrons. The summed E-state index contributed by atoms with van der Waals surface area (Å²) >= 11 is 0. The molecular weight excluding hydrogens is 212 g/mol. The van der Waals surface area contributed by atoms with Gasteiger partial charge in [0.25, 0.3) is 0 Å². The first kappa shape index (κ1) is 12.3. The van der Waals surface area contributed by atoms with Crippen LogP contribution in [0, 0.1) is 0 Å². The van der Waals surface area contributed by atoms with E-state index in [-0.39, 0.29) is 5.75 Å². The molecule has 1 unspecified atom stereocenters. The molecule has 0 aliphatic heterocycles. The van der Waals surface area contributed by atoms with Gasteiger partial charge in [0.2, 0.25) is 0 Å². The summed E-state index contributed by atoms with van der Waals surface area (Å²) in [5.74, 6) is 0.235. The molecule has 0 aliphatic rings. The minimum atomic E-state index is -0.700. The Kier molecular flexibility index (Phi) is 4.60. The number of carbonyl (C=O) groups is 1. The average Bonchev–Trinajstić information content (AvgIpc) is 2.29. The van der Waals surface area contributed by atoms with Crippen molar-refractivity contribution in [1.29, 1.82) is 0 Å². The first-order chi connectivity index (χ1) is 7.67. The number of ether oxygens (including phenoxy) is 2. The molecule has 1 atom stereocenters. The molecule has 5 heteroatoms. The number of carbonyl (C=O) groups excluding carboxylic acids is 1. The summed E-state index contributed by atoms with van der Waals surface area (Å²) in [5.41, 5.74) is 0. The van der Waals surface area contributed by atoms with E-state index in [4.69, 9.17) is 14.7 Å². The van der Waals surface area contributed by atoms with Crippen molar-refractivity contribution in [3.63, 3.8) is 0 Å². The highest BCUT2D eigenvalue weighted by molar-refractivity contribution is 5.74. The van der Waals surface area contributed by atoms with Gasteiger partial charge in [0.05, 0.1) is 6.61 Å². The van der Waals surface area contributed by atoms with Gasteiger partial charge in [-0.1, -0.05) is 6.07 Å². The lowest BCUT2D eigenvalue weighted by Crippen LogP contribution is -2.26. The van der Waals surface area contributed by atoms with Crippen LogP contribution in [-0.2, 0) is 9.53 Å². The normalized spacial score (nSPS) is 11.7. The van der Waals surface area contributed by atoms with E-state index in [0.717, 1.165) is 0 Å². The second kappa shape index (κ2) is 5.97. The number of esters is 1. The second-order valence-electron chi connectivity index (χ2n) is 3.08. The zero-order valence-electron chi connectivity index (χ0n) is 9.17. The third-order valence-corrected chi connectivity index (χ3v) is 1.84. The summed E-state index contributed by atoms with van der Waals surface area (Å²) in [6.07, 6.45) is -0.700. The number of hydrogen-bond acceptors (Lipinski definition) is 5. The molecule has 0 spiro atoms. The minimum Gasteiger partial charge on any atom is -0.479 e. The number of hydrogen-bond donors (Lipinski definition) is 1. The van der Waals surface area contributed by atoms with Gasteiger partial charge in [-0.15, -0.1) is 0 Å². The average molecular weight is 226 g/mol. The fourth-order valence-electron chi connectivity index (χ4n) is 1.12. The molecule has 1 rings (SSSR count). The van der Waals surface area contributed by atoms with Crippen molar-refractivity contribution in [1.82, 2.24) is 0 Å². The van der Waals surface area contributed by atoms with Crippen LogP contribution in [0.15, 0.2) is 24.3 Å². The maximum atomic E-state index is 11.3. The lowest BCUT2D eigenvalue weighted by Gasteiger charge is -2.13. The van der Waals surface area contributed by atoms with Gasteiger partial charge in [-0.05, 0) is 26.0 Å². The number of rotatable bonds is 5.